The number of nitrogens with zero attached hydrogens (tertiary/aromatic N) is 7. The number of para-hydroxylation sites is 2. The Morgan fingerprint density at radius 2 is 1.37 bits per heavy atom. The molecule has 6 aromatic rings. The first-order valence-corrected chi connectivity index (χ1v) is 21.6. The summed E-state index contributed by atoms with van der Waals surface area (Å²) in [7, 11) is 1.73. The van der Waals surface area contributed by atoms with E-state index in [9.17, 15) is 0 Å². The van der Waals surface area contributed by atoms with Gasteiger partial charge in [-0.15, -0.1) is 0 Å². The predicted octanol–water partition coefficient (Wildman–Crippen LogP) is 7.79. The van der Waals surface area contributed by atoms with Gasteiger partial charge in [0.25, 0.3) is 0 Å². The van der Waals surface area contributed by atoms with Crippen molar-refractivity contribution in [1.29, 1.82) is 0 Å². The van der Waals surface area contributed by atoms with Gasteiger partial charge in [-0.1, -0.05) is 66.7 Å². The summed E-state index contributed by atoms with van der Waals surface area (Å²) in [6, 6.07) is 36.3. The van der Waals surface area contributed by atoms with Crippen molar-refractivity contribution in [3.63, 3.8) is 0 Å². The number of ether oxygens (including phenoxy) is 2. The zero-order valence-corrected chi connectivity index (χ0v) is 34.3. The van der Waals surface area contributed by atoms with Crippen LogP contribution in [0.1, 0.15) is 31.2 Å². The van der Waals surface area contributed by atoms with Crippen molar-refractivity contribution < 1.29 is 9.47 Å². The molecule has 4 aromatic carbocycles. The number of methoxy groups -OCH3 is 1. The molecule has 0 spiro atoms. The van der Waals surface area contributed by atoms with Gasteiger partial charge >= 0.3 is 0 Å². The molecule has 0 saturated carbocycles. The minimum absolute atomic E-state index is 0.321. The molecule has 11 nitrogen and oxygen atoms in total. The molecule has 0 amide bonds. The molecule has 3 aliphatic rings. The second-order valence-corrected chi connectivity index (χ2v) is 16.3. The number of piperidine rings is 2. The molecule has 0 aliphatic carbocycles. The molecule has 3 saturated heterocycles. The summed E-state index contributed by atoms with van der Waals surface area (Å²) in [6.45, 7) is 11.3. The number of nitrogens with one attached hydrogen (secondary N) is 2. The van der Waals surface area contributed by atoms with Gasteiger partial charge in [0.15, 0.2) is 11.5 Å². The molecule has 2 aromatic heterocycles. The maximum absolute atomic E-state index is 6.62. The Kier molecular flexibility index (Phi) is 12.2. The van der Waals surface area contributed by atoms with Gasteiger partial charge < -0.3 is 34.8 Å². The normalized spacial score (nSPS) is 17.4. The molecule has 0 atom stereocenters. The first-order valence-electron chi connectivity index (χ1n) is 21.6. The van der Waals surface area contributed by atoms with E-state index in [1.54, 1.807) is 7.11 Å². The summed E-state index contributed by atoms with van der Waals surface area (Å²) < 4.78 is 12.6. The maximum Gasteiger partial charge on any atom is 0.228 e. The largest absolute Gasteiger partial charge is 0.493 e. The Morgan fingerprint density at radius 1 is 0.661 bits per heavy atom. The van der Waals surface area contributed by atoms with Crippen LogP contribution in [-0.2, 0) is 6.54 Å². The quantitative estimate of drug-likeness (QED) is 0.113. The van der Waals surface area contributed by atoms with E-state index in [0.29, 0.717) is 18.6 Å². The Hall–Kier alpha value is -5.65. The van der Waals surface area contributed by atoms with Crippen LogP contribution in [0, 0.1) is 5.92 Å². The maximum atomic E-state index is 6.62. The number of anilines is 4. The summed E-state index contributed by atoms with van der Waals surface area (Å²) in [4.78, 5) is 24.9. The van der Waals surface area contributed by atoms with Crippen molar-refractivity contribution in [3.8, 4) is 11.5 Å². The molecule has 0 radical (unpaired) electrons. The lowest BCUT2D eigenvalue weighted by molar-refractivity contribution is 0.143. The second kappa shape index (κ2) is 18.5. The number of rotatable bonds is 14. The van der Waals surface area contributed by atoms with E-state index in [1.165, 1.54) is 16.6 Å². The molecule has 0 bridgehead atoms. The highest BCUT2D eigenvalue weighted by Crippen LogP contribution is 2.37. The van der Waals surface area contributed by atoms with Crippen molar-refractivity contribution >= 4 is 44.9 Å². The predicted molar refractivity (Wildman–Crippen MR) is 240 cm³/mol. The third kappa shape index (κ3) is 9.47. The van der Waals surface area contributed by atoms with Crippen molar-refractivity contribution in [2.45, 2.75) is 38.3 Å². The number of hydrogen-bond donors (Lipinski definition) is 2. The molecule has 11 heteroatoms. The lowest BCUT2D eigenvalue weighted by atomic mass is 9.98. The molecule has 2 N–H and O–H groups in total. The highest BCUT2D eigenvalue weighted by molar-refractivity contribution is 5.93. The number of hydrogen-bond acceptors (Lipinski definition) is 11. The average molecular weight is 792 g/mol. The fourth-order valence-electron chi connectivity index (χ4n) is 8.90. The summed E-state index contributed by atoms with van der Waals surface area (Å²) >= 11 is 0. The van der Waals surface area contributed by atoms with Gasteiger partial charge in [-0.2, -0.15) is 4.98 Å². The molecule has 59 heavy (non-hydrogen) atoms. The van der Waals surface area contributed by atoms with Crippen LogP contribution in [0.5, 0.6) is 11.5 Å². The van der Waals surface area contributed by atoms with Crippen LogP contribution in [0.15, 0.2) is 109 Å². The molecule has 306 valence electrons. The molecule has 5 heterocycles. The second-order valence-electron chi connectivity index (χ2n) is 16.3. The number of benzene rings is 4. The fraction of sp³-hybridized carbons (Fsp3) is 0.396. The van der Waals surface area contributed by atoms with Gasteiger partial charge in [-0.05, 0) is 80.6 Å². The van der Waals surface area contributed by atoms with Gasteiger partial charge in [0, 0.05) is 99.4 Å². The zero-order chi connectivity index (χ0) is 39.8. The Bertz CT molecular complexity index is 2260. The highest BCUT2D eigenvalue weighted by Gasteiger charge is 2.26. The average Bonchev–Trinajstić information content (AvgIpc) is 3.30. The molecular weight excluding hydrogens is 735 g/mol. The van der Waals surface area contributed by atoms with E-state index < -0.39 is 0 Å². The monoisotopic (exact) mass is 791 g/mol. The Morgan fingerprint density at radius 3 is 2.15 bits per heavy atom. The molecule has 9 rings (SSSR count). The van der Waals surface area contributed by atoms with Gasteiger partial charge in [-0.3, -0.25) is 9.88 Å². The minimum atomic E-state index is 0.321. The SMILES string of the molecule is COc1cc2c(NC3CCN(Cc4ccccc4)CC3)nc(N3CCN(c4ccccc4)CC3)nc2cc1OCC1CCN(CCNc2ccnc3ccccc23)CC1. The number of piperazine rings is 1. The number of pyridine rings is 1. The first-order chi connectivity index (χ1) is 29.1. The Labute approximate surface area is 348 Å². The third-order valence-electron chi connectivity index (χ3n) is 12.4. The fourth-order valence-corrected chi connectivity index (χ4v) is 8.90. The molecular formula is C48H57N9O2. The summed E-state index contributed by atoms with van der Waals surface area (Å²) in [5, 5.41) is 9.67. The molecule has 0 unspecified atom stereocenters. The van der Waals surface area contributed by atoms with Crippen LogP contribution < -0.4 is 29.9 Å². The lowest BCUT2D eigenvalue weighted by Gasteiger charge is -2.36. The van der Waals surface area contributed by atoms with Gasteiger partial charge in [0.2, 0.25) is 5.95 Å². The third-order valence-corrected chi connectivity index (χ3v) is 12.4. The summed E-state index contributed by atoms with van der Waals surface area (Å²) in [6.07, 6.45) is 6.20. The van der Waals surface area contributed by atoms with Gasteiger partial charge in [0.1, 0.15) is 5.82 Å². The van der Waals surface area contributed by atoms with Gasteiger partial charge in [0.05, 0.1) is 24.8 Å². The molecule has 3 aliphatic heterocycles. The lowest BCUT2D eigenvalue weighted by Crippen LogP contribution is -2.47. The first kappa shape index (κ1) is 38.8. The van der Waals surface area contributed by atoms with E-state index in [2.05, 4.69) is 132 Å². The van der Waals surface area contributed by atoms with Crippen LogP contribution in [0.3, 0.4) is 0 Å². The minimum Gasteiger partial charge on any atom is -0.493 e. The Balaban J connectivity index is 0.858. The smallest absolute Gasteiger partial charge is 0.228 e. The van der Waals surface area contributed by atoms with E-state index in [1.807, 2.05) is 12.3 Å². The van der Waals surface area contributed by atoms with Crippen LogP contribution in [0.2, 0.25) is 0 Å². The van der Waals surface area contributed by atoms with Gasteiger partial charge in [-0.25, -0.2) is 4.98 Å². The standard InChI is InChI=1S/C48H57N9O2/c1-58-45-32-41-44(33-46(45)59-35-37-17-23-54(24-18-37)27-22-50-43-16-21-49-42-15-9-8-14-40(42)43)52-48(57-30-28-56(29-31-57)39-12-6-3-7-13-39)53-47(41)51-38-19-25-55(26-20-38)34-36-10-4-2-5-11-36/h2-16,21,32-33,37-38H,17-20,22-31,34-35H2,1H3,(H,49,50)(H,51,52,53). The topological polar surface area (TPSA) is 94.2 Å². The van der Waals surface area contributed by atoms with Crippen LogP contribution in [-0.4, -0.2) is 110 Å². The van der Waals surface area contributed by atoms with E-state index in [4.69, 9.17) is 19.4 Å². The van der Waals surface area contributed by atoms with Crippen molar-refractivity contribution in [3.05, 3.63) is 115 Å². The van der Waals surface area contributed by atoms with E-state index in [0.717, 1.165) is 143 Å². The molecule has 3 fully saturated rings. The number of aromatic nitrogens is 3. The van der Waals surface area contributed by atoms with E-state index >= 15 is 0 Å². The summed E-state index contributed by atoms with van der Waals surface area (Å²) in [5.74, 6) is 3.59. The van der Waals surface area contributed by atoms with Crippen LogP contribution in [0.25, 0.3) is 21.8 Å². The van der Waals surface area contributed by atoms with E-state index in [-0.39, 0.29) is 0 Å². The van der Waals surface area contributed by atoms with Crippen molar-refractivity contribution in [2.24, 2.45) is 5.92 Å². The van der Waals surface area contributed by atoms with Crippen molar-refractivity contribution in [2.75, 3.05) is 99.6 Å². The number of fused-ring (bicyclic) bond motifs is 2. The highest BCUT2D eigenvalue weighted by atomic mass is 16.5. The summed E-state index contributed by atoms with van der Waals surface area (Å²) in [5.41, 5.74) is 5.68. The van der Waals surface area contributed by atoms with Crippen molar-refractivity contribution in [1.82, 2.24) is 24.8 Å². The number of likely N-dealkylation sites (tertiary alicyclic amines) is 2. The van der Waals surface area contributed by atoms with Crippen LogP contribution in [0.4, 0.5) is 23.1 Å². The van der Waals surface area contributed by atoms with Crippen LogP contribution >= 0.6 is 0 Å². The zero-order valence-electron chi connectivity index (χ0n) is 34.3.